The van der Waals surface area contributed by atoms with Crippen molar-refractivity contribution in [1.29, 1.82) is 0 Å². The summed E-state index contributed by atoms with van der Waals surface area (Å²) in [5, 5.41) is 0. The van der Waals surface area contributed by atoms with E-state index >= 15 is 0 Å². The summed E-state index contributed by atoms with van der Waals surface area (Å²) in [6, 6.07) is 7.94. The van der Waals surface area contributed by atoms with E-state index in [2.05, 4.69) is 4.74 Å². The molecule has 0 fully saturated rings. The molecule has 0 bridgehead atoms. The number of nitrogens with two attached hydrogens (primary N) is 1. The maximum Gasteiger partial charge on any atom is 0.330 e. The maximum atomic E-state index is 11.5. The number of Topliss-reactive ketones (excluding diaryl/α,β-unsaturated/α-hetero) is 1. The normalized spacial score (nSPS) is 11.9. The summed E-state index contributed by atoms with van der Waals surface area (Å²) in [4.78, 5) is 22.5. The quantitative estimate of drug-likeness (QED) is 0.569. The zero-order chi connectivity index (χ0) is 11.3. The first-order valence-electron chi connectivity index (χ1n) is 4.55. The number of ketones is 1. The molecule has 1 aromatic carbocycles. The lowest BCUT2D eigenvalue weighted by molar-refractivity contribution is -0.145. The van der Waals surface area contributed by atoms with Crippen LogP contribution in [-0.2, 0) is 20.7 Å². The van der Waals surface area contributed by atoms with Crippen molar-refractivity contribution in [3.8, 4) is 0 Å². The fourth-order valence-corrected chi connectivity index (χ4v) is 1.17. The number of methoxy groups -OCH3 is 1. The molecule has 0 aliphatic rings. The highest BCUT2D eigenvalue weighted by Crippen LogP contribution is 2.02. The molecule has 80 valence electrons. The Bertz CT molecular complexity index is 348. The van der Waals surface area contributed by atoms with Crippen LogP contribution < -0.4 is 5.73 Å². The lowest BCUT2D eigenvalue weighted by Crippen LogP contribution is -2.40. The fourth-order valence-electron chi connectivity index (χ4n) is 1.17. The number of benzene rings is 1. The van der Waals surface area contributed by atoms with Crippen molar-refractivity contribution >= 4 is 11.8 Å². The minimum absolute atomic E-state index is 0.150. The van der Waals surface area contributed by atoms with Gasteiger partial charge in [-0.05, 0) is 5.56 Å². The van der Waals surface area contributed by atoms with Crippen molar-refractivity contribution in [1.82, 2.24) is 0 Å². The van der Waals surface area contributed by atoms with Gasteiger partial charge in [0.15, 0.2) is 11.8 Å². The predicted molar refractivity (Wildman–Crippen MR) is 55.1 cm³/mol. The Balaban J connectivity index is 2.60. The Kier molecular flexibility index (Phi) is 4.00. The maximum absolute atomic E-state index is 11.5. The molecular weight excluding hydrogens is 194 g/mol. The molecule has 0 heterocycles. The van der Waals surface area contributed by atoms with Gasteiger partial charge in [-0.2, -0.15) is 0 Å². The van der Waals surface area contributed by atoms with Gasteiger partial charge in [0.1, 0.15) is 0 Å². The fraction of sp³-hybridized carbons (Fsp3) is 0.273. The summed E-state index contributed by atoms with van der Waals surface area (Å²) in [7, 11) is 1.21. The van der Waals surface area contributed by atoms with E-state index in [0.717, 1.165) is 5.56 Å². The summed E-state index contributed by atoms with van der Waals surface area (Å²) < 4.78 is 4.39. The second kappa shape index (κ2) is 5.26. The monoisotopic (exact) mass is 207 g/mol. The molecule has 4 nitrogen and oxygen atoms in total. The molecule has 15 heavy (non-hydrogen) atoms. The molecule has 1 unspecified atom stereocenters. The highest BCUT2D eigenvalue weighted by atomic mass is 16.5. The summed E-state index contributed by atoms with van der Waals surface area (Å²) in [6.45, 7) is 0. The molecule has 0 aromatic heterocycles. The van der Waals surface area contributed by atoms with Gasteiger partial charge in [0, 0.05) is 6.42 Å². The Hall–Kier alpha value is -1.68. The molecule has 0 amide bonds. The van der Waals surface area contributed by atoms with Gasteiger partial charge in [-0.25, -0.2) is 4.79 Å². The number of hydrogen-bond donors (Lipinski definition) is 1. The minimum atomic E-state index is -1.18. The van der Waals surface area contributed by atoms with E-state index in [9.17, 15) is 9.59 Å². The molecule has 1 aromatic rings. The Morgan fingerprint density at radius 2 is 1.93 bits per heavy atom. The Morgan fingerprint density at radius 3 is 2.47 bits per heavy atom. The number of carbonyl (C=O) groups is 2. The van der Waals surface area contributed by atoms with Gasteiger partial charge >= 0.3 is 5.97 Å². The number of carbonyl (C=O) groups excluding carboxylic acids is 2. The summed E-state index contributed by atoms with van der Waals surface area (Å²) in [5.74, 6) is -1.04. The van der Waals surface area contributed by atoms with Crippen molar-refractivity contribution in [3.63, 3.8) is 0 Å². The van der Waals surface area contributed by atoms with Gasteiger partial charge in [0.25, 0.3) is 0 Å². The first kappa shape index (κ1) is 11.4. The van der Waals surface area contributed by atoms with E-state index in [-0.39, 0.29) is 12.2 Å². The summed E-state index contributed by atoms with van der Waals surface area (Å²) in [6.07, 6.45) is 0.150. The standard InChI is InChI=1S/C11H13NO3/c1-15-11(14)10(12)9(13)7-8-5-3-2-4-6-8/h2-6,10H,7,12H2,1H3. The number of ether oxygens (including phenoxy) is 1. The highest BCUT2D eigenvalue weighted by molar-refractivity contribution is 6.03. The first-order valence-corrected chi connectivity index (χ1v) is 4.55. The third-order valence-corrected chi connectivity index (χ3v) is 2.02. The van der Waals surface area contributed by atoms with Crippen LogP contribution in [0.25, 0.3) is 0 Å². The van der Waals surface area contributed by atoms with E-state index in [1.54, 1.807) is 0 Å². The van der Waals surface area contributed by atoms with Crippen LogP contribution in [0.2, 0.25) is 0 Å². The lowest BCUT2D eigenvalue weighted by atomic mass is 10.0. The third-order valence-electron chi connectivity index (χ3n) is 2.02. The SMILES string of the molecule is COC(=O)C(N)C(=O)Cc1ccccc1. The van der Waals surface area contributed by atoms with Crippen LogP contribution in [0.4, 0.5) is 0 Å². The molecule has 1 atom stereocenters. The van der Waals surface area contributed by atoms with Crippen LogP contribution in [0.15, 0.2) is 30.3 Å². The van der Waals surface area contributed by atoms with Crippen molar-refractivity contribution in [2.24, 2.45) is 5.73 Å². The zero-order valence-electron chi connectivity index (χ0n) is 8.47. The van der Waals surface area contributed by atoms with Gasteiger partial charge in [-0.3, -0.25) is 4.79 Å². The molecule has 0 radical (unpaired) electrons. The molecule has 0 aliphatic heterocycles. The van der Waals surface area contributed by atoms with Gasteiger partial charge in [0.05, 0.1) is 7.11 Å². The minimum Gasteiger partial charge on any atom is -0.468 e. The molecule has 1 rings (SSSR count). The molecule has 0 saturated carbocycles. The van der Waals surface area contributed by atoms with Gasteiger partial charge in [-0.15, -0.1) is 0 Å². The first-order chi connectivity index (χ1) is 7.15. The summed E-state index contributed by atoms with van der Waals surface area (Å²) >= 11 is 0. The zero-order valence-corrected chi connectivity index (χ0v) is 8.47. The third kappa shape index (κ3) is 3.18. The van der Waals surface area contributed by atoms with Crippen LogP contribution in [0.1, 0.15) is 5.56 Å². The van der Waals surface area contributed by atoms with Crippen LogP contribution in [-0.4, -0.2) is 24.9 Å². The molecule has 0 saturated heterocycles. The van der Waals surface area contributed by atoms with Crippen molar-refractivity contribution < 1.29 is 14.3 Å². The van der Waals surface area contributed by atoms with E-state index in [1.165, 1.54) is 7.11 Å². The van der Waals surface area contributed by atoms with Gasteiger partial charge in [-0.1, -0.05) is 30.3 Å². The predicted octanol–water partition coefficient (Wildman–Crippen LogP) is 0.298. The molecular formula is C11H13NO3. The van der Waals surface area contributed by atoms with Crippen molar-refractivity contribution in [2.45, 2.75) is 12.5 Å². The Morgan fingerprint density at radius 1 is 1.33 bits per heavy atom. The number of esters is 1. The largest absolute Gasteiger partial charge is 0.468 e. The average molecular weight is 207 g/mol. The van der Waals surface area contributed by atoms with Crippen LogP contribution in [0, 0.1) is 0 Å². The summed E-state index contributed by atoms with van der Waals surface area (Å²) in [5.41, 5.74) is 6.23. The Labute approximate surface area is 88.0 Å². The van der Waals surface area contributed by atoms with Crippen LogP contribution in [0.5, 0.6) is 0 Å². The van der Waals surface area contributed by atoms with E-state index < -0.39 is 12.0 Å². The molecule has 4 heteroatoms. The second-order valence-corrected chi connectivity index (χ2v) is 3.13. The smallest absolute Gasteiger partial charge is 0.330 e. The molecule has 0 aliphatic carbocycles. The van der Waals surface area contributed by atoms with Crippen molar-refractivity contribution in [2.75, 3.05) is 7.11 Å². The molecule has 0 spiro atoms. The second-order valence-electron chi connectivity index (χ2n) is 3.13. The van der Waals surface area contributed by atoms with Crippen molar-refractivity contribution in [3.05, 3.63) is 35.9 Å². The average Bonchev–Trinajstić information content (AvgIpc) is 2.28. The number of hydrogen-bond acceptors (Lipinski definition) is 4. The van der Waals surface area contributed by atoms with Gasteiger partial charge < -0.3 is 10.5 Å². The van der Waals surface area contributed by atoms with E-state index in [4.69, 9.17) is 5.73 Å². The van der Waals surface area contributed by atoms with E-state index in [1.807, 2.05) is 30.3 Å². The van der Waals surface area contributed by atoms with E-state index in [0.29, 0.717) is 0 Å². The number of rotatable bonds is 4. The lowest BCUT2D eigenvalue weighted by Gasteiger charge is -2.07. The van der Waals surface area contributed by atoms with Crippen LogP contribution in [0.3, 0.4) is 0 Å². The highest BCUT2D eigenvalue weighted by Gasteiger charge is 2.22. The molecule has 2 N–H and O–H groups in total. The topological polar surface area (TPSA) is 69.4 Å². The van der Waals surface area contributed by atoms with Crippen LogP contribution >= 0.6 is 0 Å². The van der Waals surface area contributed by atoms with Gasteiger partial charge in [0.2, 0.25) is 0 Å².